The van der Waals surface area contributed by atoms with Crippen molar-refractivity contribution >= 4 is 11.9 Å². The van der Waals surface area contributed by atoms with Crippen molar-refractivity contribution in [2.75, 3.05) is 6.61 Å². The zero-order valence-corrected chi connectivity index (χ0v) is 11.9. The Balaban J connectivity index is 0.00000200. The second-order valence-electron chi connectivity index (χ2n) is 3.99. The summed E-state index contributed by atoms with van der Waals surface area (Å²) >= 11 is 0. The zero-order valence-electron chi connectivity index (χ0n) is 11.2. The van der Waals surface area contributed by atoms with Gasteiger partial charge >= 0.3 is 0 Å². The highest BCUT2D eigenvalue weighted by molar-refractivity contribution is 6.06. The molecule has 0 bridgehead atoms. The second-order valence-corrected chi connectivity index (χ2v) is 3.99. The molecule has 1 N–H and O–H groups in total. The maximum atomic E-state index is 11.9. The average Bonchev–Trinajstić information content (AvgIpc) is 2.47. The van der Waals surface area contributed by atoms with Gasteiger partial charge in [-0.25, -0.2) is 4.98 Å². The Labute approximate surface area is 124 Å². The monoisotopic (exact) mass is 289 g/mol. The largest absolute Gasteiger partial charge is 1.00 e. The van der Waals surface area contributed by atoms with Crippen LogP contribution in [-0.2, 0) is 0 Å². The standard InChI is InChI=1S/C16H15NO2.ClH/c1-2-19-15-6-3-13(4-7-15)5-8-16(18)14-9-11-17-12-10-14;/h3-12H,2H2,1H3;1H/b8-5+;. The van der Waals surface area contributed by atoms with E-state index in [0.29, 0.717) is 12.2 Å². The molecule has 0 amide bonds. The predicted molar refractivity (Wildman–Crippen MR) is 74.0 cm³/mol. The molecule has 4 heteroatoms. The van der Waals surface area contributed by atoms with E-state index in [1.807, 2.05) is 31.2 Å². The third-order valence-corrected chi connectivity index (χ3v) is 2.62. The van der Waals surface area contributed by atoms with Crippen molar-refractivity contribution in [3.8, 4) is 5.75 Å². The molecule has 0 atom stereocenters. The summed E-state index contributed by atoms with van der Waals surface area (Å²) in [5.41, 5.74) is 1.64. The van der Waals surface area contributed by atoms with Crippen molar-refractivity contribution in [3.05, 3.63) is 66.0 Å². The van der Waals surface area contributed by atoms with E-state index in [1.54, 1.807) is 36.7 Å². The highest BCUT2D eigenvalue weighted by Gasteiger charge is 2.01. The molecule has 0 radical (unpaired) electrons. The molecule has 0 aliphatic carbocycles. The maximum Gasteiger partial charge on any atom is 0.186 e. The van der Waals surface area contributed by atoms with Gasteiger partial charge in [-0.05, 0) is 30.7 Å². The van der Waals surface area contributed by atoms with Crippen LogP contribution in [0.2, 0.25) is 0 Å². The number of carbonyl (C=O) groups excluding carboxylic acids is 1. The number of rotatable bonds is 5. The van der Waals surface area contributed by atoms with Crippen LogP contribution in [0.1, 0.15) is 22.8 Å². The van der Waals surface area contributed by atoms with Gasteiger partial charge in [-0.15, -0.1) is 0 Å². The van der Waals surface area contributed by atoms with E-state index in [4.69, 9.17) is 4.74 Å². The summed E-state index contributed by atoms with van der Waals surface area (Å²) in [6.45, 7) is 2.60. The lowest BCUT2D eigenvalue weighted by Gasteiger charge is -2.02. The Morgan fingerprint density at radius 1 is 1.15 bits per heavy atom. The van der Waals surface area contributed by atoms with Crippen LogP contribution in [0.5, 0.6) is 5.75 Å². The Kier molecular flexibility index (Phi) is 6.47. The number of nitrogens with one attached hydrogen (secondary N) is 1. The van der Waals surface area contributed by atoms with Crippen LogP contribution in [-0.4, -0.2) is 12.4 Å². The van der Waals surface area contributed by atoms with Crippen molar-refractivity contribution in [1.29, 1.82) is 0 Å². The number of hydrogen-bond donors (Lipinski definition) is 0. The summed E-state index contributed by atoms with van der Waals surface area (Å²) in [6, 6.07) is 11.1. The van der Waals surface area contributed by atoms with Crippen molar-refractivity contribution in [3.63, 3.8) is 0 Å². The molecule has 0 unspecified atom stereocenters. The lowest BCUT2D eigenvalue weighted by atomic mass is 10.1. The van der Waals surface area contributed by atoms with Crippen LogP contribution < -0.4 is 22.1 Å². The molecule has 1 heterocycles. The van der Waals surface area contributed by atoms with Crippen LogP contribution in [0.3, 0.4) is 0 Å². The first-order chi connectivity index (χ1) is 9.29. The van der Waals surface area contributed by atoms with Crippen LogP contribution >= 0.6 is 0 Å². The smallest absolute Gasteiger partial charge is 0.186 e. The first-order valence-electron chi connectivity index (χ1n) is 6.21. The highest BCUT2D eigenvalue weighted by Crippen LogP contribution is 2.13. The number of H-pyrrole nitrogens is 1. The van der Waals surface area contributed by atoms with Crippen LogP contribution in [0.25, 0.3) is 6.08 Å². The summed E-state index contributed by atoms with van der Waals surface area (Å²) in [5.74, 6) is 0.826. The number of halogens is 1. The van der Waals surface area contributed by atoms with Crippen LogP contribution in [0, 0.1) is 0 Å². The molecule has 0 fully saturated rings. The summed E-state index contributed by atoms with van der Waals surface area (Å²) in [5, 5.41) is 0. The van der Waals surface area contributed by atoms with Crippen molar-refractivity contribution < 1.29 is 26.9 Å². The Bertz CT molecular complexity index is 565. The Morgan fingerprint density at radius 3 is 2.40 bits per heavy atom. The molecular weight excluding hydrogens is 274 g/mol. The molecule has 20 heavy (non-hydrogen) atoms. The number of allylic oxidation sites excluding steroid dienone is 1. The number of pyridine rings is 1. The predicted octanol–water partition coefficient (Wildman–Crippen LogP) is -0.201. The van der Waals surface area contributed by atoms with E-state index in [1.165, 1.54) is 0 Å². The molecule has 2 rings (SSSR count). The van der Waals surface area contributed by atoms with Gasteiger partial charge in [0.05, 0.1) is 6.61 Å². The fourth-order valence-corrected chi connectivity index (χ4v) is 1.66. The number of benzene rings is 1. The first kappa shape index (κ1) is 15.9. The molecule has 0 saturated carbocycles. The summed E-state index contributed by atoms with van der Waals surface area (Å²) < 4.78 is 5.36. The minimum Gasteiger partial charge on any atom is -1.00 e. The molecule has 3 nitrogen and oxygen atoms in total. The van der Waals surface area contributed by atoms with Gasteiger partial charge < -0.3 is 17.1 Å². The number of ether oxygens (including phenoxy) is 1. The lowest BCUT2D eigenvalue weighted by molar-refractivity contribution is -0.378. The molecule has 1 aromatic heterocycles. The molecule has 0 spiro atoms. The quantitative estimate of drug-likeness (QED) is 0.565. The van der Waals surface area contributed by atoms with Crippen molar-refractivity contribution in [2.45, 2.75) is 6.92 Å². The number of aromatic amines is 1. The SMILES string of the molecule is CCOc1ccc(/C=C/C(=O)c2cc[nH+]cc2)cc1.[Cl-]. The normalized spacial score (nSPS) is 10.1. The topological polar surface area (TPSA) is 40.4 Å². The second kappa shape index (κ2) is 8.12. The molecule has 2 aromatic rings. The Hall–Kier alpha value is -2.13. The molecule has 0 aliphatic heterocycles. The fraction of sp³-hybridized carbons (Fsp3) is 0.125. The van der Waals surface area contributed by atoms with Gasteiger partial charge in [0.1, 0.15) is 5.75 Å². The highest BCUT2D eigenvalue weighted by atomic mass is 35.5. The van der Waals surface area contributed by atoms with E-state index >= 15 is 0 Å². The van der Waals surface area contributed by atoms with Gasteiger partial charge in [-0.2, -0.15) is 0 Å². The summed E-state index contributed by atoms with van der Waals surface area (Å²) in [6.07, 6.45) is 6.84. The minimum absolute atomic E-state index is 0. The summed E-state index contributed by atoms with van der Waals surface area (Å²) in [7, 11) is 0. The van der Waals surface area contributed by atoms with E-state index in [9.17, 15) is 4.79 Å². The number of ketones is 1. The first-order valence-corrected chi connectivity index (χ1v) is 6.21. The van der Waals surface area contributed by atoms with Gasteiger partial charge in [0.2, 0.25) is 0 Å². The van der Waals surface area contributed by atoms with Crippen LogP contribution in [0.15, 0.2) is 54.9 Å². The molecular formula is C16H16ClNO2. The fourth-order valence-electron chi connectivity index (χ4n) is 1.66. The minimum atomic E-state index is -0.0112. The number of hydrogen-bond acceptors (Lipinski definition) is 2. The van der Waals surface area contributed by atoms with Gasteiger partial charge in [-0.1, -0.05) is 18.2 Å². The molecule has 1 aromatic carbocycles. The lowest BCUT2D eigenvalue weighted by Crippen LogP contribution is -3.00. The third-order valence-electron chi connectivity index (χ3n) is 2.62. The van der Waals surface area contributed by atoms with Crippen LogP contribution in [0.4, 0.5) is 0 Å². The van der Waals surface area contributed by atoms with Gasteiger partial charge in [0.15, 0.2) is 18.2 Å². The number of carbonyl (C=O) groups is 1. The van der Waals surface area contributed by atoms with Gasteiger partial charge in [-0.3, -0.25) is 4.79 Å². The van der Waals surface area contributed by atoms with E-state index in [0.717, 1.165) is 11.3 Å². The zero-order chi connectivity index (χ0) is 13.5. The van der Waals surface area contributed by atoms with E-state index in [-0.39, 0.29) is 18.2 Å². The molecule has 0 aliphatic rings. The van der Waals surface area contributed by atoms with E-state index in [2.05, 4.69) is 4.98 Å². The maximum absolute atomic E-state index is 11.9. The molecule has 0 saturated heterocycles. The van der Waals surface area contributed by atoms with Crippen molar-refractivity contribution in [2.24, 2.45) is 0 Å². The summed E-state index contributed by atoms with van der Waals surface area (Å²) in [4.78, 5) is 14.8. The van der Waals surface area contributed by atoms with E-state index < -0.39 is 0 Å². The Morgan fingerprint density at radius 2 is 1.80 bits per heavy atom. The third kappa shape index (κ3) is 4.52. The van der Waals surface area contributed by atoms with Gasteiger partial charge in [0, 0.05) is 17.7 Å². The van der Waals surface area contributed by atoms with Gasteiger partial charge in [0.25, 0.3) is 0 Å². The average molecular weight is 290 g/mol. The molecule has 104 valence electrons. The van der Waals surface area contributed by atoms with Crippen molar-refractivity contribution in [1.82, 2.24) is 0 Å². The number of aromatic nitrogens is 1.